The molecule has 59 heavy (non-hydrogen) atoms. The summed E-state index contributed by atoms with van der Waals surface area (Å²) in [5.74, 6) is -4.07. The van der Waals surface area contributed by atoms with Crippen LogP contribution in [0.4, 0.5) is 0 Å². The van der Waals surface area contributed by atoms with Crippen LogP contribution in [0.5, 0.6) is 0 Å². The average Bonchev–Trinajstić information content (AvgIpc) is 3.14. The molecule has 3 rings (SSSR count). The largest absolute Gasteiger partial charge is 0.463 e. The molecule has 0 spiro atoms. The van der Waals surface area contributed by atoms with Crippen LogP contribution in [0.15, 0.2) is 0 Å². The van der Waals surface area contributed by atoms with Crippen LogP contribution >= 0.6 is 0 Å². The molecule has 0 radical (unpaired) electrons. The van der Waals surface area contributed by atoms with E-state index >= 15 is 0 Å². The van der Waals surface area contributed by atoms with Gasteiger partial charge >= 0.3 is 23.9 Å². The molecular formula is C42H72N2O15. The summed E-state index contributed by atoms with van der Waals surface area (Å²) in [5, 5.41) is 24.0. The van der Waals surface area contributed by atoms with Crippen molar-refractivity contribution >= 4 is 30.2 Å². The van der Waals surface area contributed by atoms with Gasteiger partial charge in [-0.3, -0.25) is 19.2 Å². The molecule has 3 saturated heterocycles. The summed E-state index contributed by atoms with van der Waals surface area (Å²) < 4.78 is 49.0. The molecule has 0 saturated carbocycles. The zero-order valence-electron chi connectivity index (χ0n) is 37.2. The third-order valence-corrected chi connectivity index (χ3v) is 12.0. The number of β-amino-alcohol motifs (C(OH)–C–C–N with tert-alkyl or cyclic N) is 1. The summed E-state index contributed by atoms with van der Waals surface area (Å²) in [6.45, 7) is 14.2. The van der Waals surface area contributed by atoms with E-state index in [9.17, 15) is 34.2 Å². The number of nitrogens with zero attached hydrogens (tertiary/aromatic N) is 2. The molecule has 0 aromatic carbocycles. The number of cyclic esters (lactones) is 1. The molecule has 340 valence electrons. The molecule has 0 aromatic rings. The predicted octanol–water partition coefficient (Wildman–Crippen LogP) is 2.43. The number of ether oxygens (including phenoxy) is 8. The Morgan fingerprint density at radius 2 is 1.64 bits per heavy atom. The Bertz CT molecular complexity index is 1380. The van der Waals surface area contributed by atoms with Crippen LogP contribution in [-0.2, 0) is 61.9 Å². The van der Waals surface area contributed by atoms with Gasteiger partial charge in [0.1, 0.15) is 30.7 Å². The van der Waals surface area contributed by atoms with Crippen molar-refractivity contribution in [1.29, 1.82) is 0 Å². The monoisotopic (exact) mass is 844 g/mol. The van der Waals surface area contributed by atoms with Crippen LogP contribution in [0, 0.1) is 17.8 Å². The first kappa shape index (κ1) is 50.6. The zero-order chi connectivity index (χ0) is 44.4. The number of aldehydes is 1. The molecule has 0 aliphatic carbocycles. The quantitative estimate of drug-likeness (QED) is 0.164. The Kier molecular flexibility index (Phi) is 19.6. The van der Waals surface area contributed by atoms with Crippen molar-refractivity contribution < 1.29 is 72.1 Å². The van der Waals surface area contributed by atoms with Crippen molar-refractivity contribution in [2.24, 2.45) is 17.8 Å². The van der Waals surface area contributed by atoms with Gasteiger partial charge in [0.25, 0.3) is 0 Å². The number of aliphatic hydroxyl groups is 2. The summed E-state index contributed by atoms with van der Waals surface area (Å²) in [7, 11) is 6.84. The van der Waals surface area contributed by atoms with E-state index in [4.69, 9.17) is 37.9 Å². The minimum absolute atomic E-state index is 0.00808. The fourth-order valence-electron chi connectivity index (χ4n) is 9.03. The van der Waals surface area contributed by atoms with Gasteiger partial charge in [-0.05, 0) is 73.5 Å². The number of rotatable bonds is 12. The van der Waals surface area contributed by atoms with Gasteiger partial charge in [0.05, 0.1) is 43.0 Å². The molecule has 3 fully saturated rings. The Balaban J connectivity index is 2.12. The number of esters is 4. The molecule has 2 N–H and O–H groups in total. The highest BCUT2D eigenvalue weighted by atomic mass is 16.7. The standard InChI is InChI=1S/C42H72N2O15/c1-13-31(48)56-30-20-33(50)53-24(4)15-17-44(11)22-29(47)23(3)19-28(16-18-45)35(39(30)52-12)40-37(51)36(43(9)10)38(25(5)55-40)58-34-21-42(8,59-27(7)46)41(26(6)54-34)57-32(49)14-2/h18,23-26,28-30,34-41,47,51H,13-17,19-22H2,1-12H3/t23-,24-,25-,26+,28+,29+,30-,34+,35+,36-,37-,38-,39-,40+,41+,42-/m1/s1. The summed E-state index contributed by atoms with van der Waals surface area (Å²) in [6, 6.07) is -0.775. The highest BCUT2D eigenvalue weighted by molar-refractivity contribution is 5.73. The third-order valence-electron chi connectivity index (χ3n) is 12.0. The van der Waals surface area contributed by atoms with Crippen molar-refractivity contribution in [3.05, 3.63) is 0 Å². The van der Waals surface area contributed by atoms with Gasteiger partial charge in [0, 0.05) is 58.7 Å². The Morgan fingerprint density at radius 3 is 2.22 bits per heavy atom. The Labute approximate surface area is 350 Å². The second-order valence-corrected chi connectivity index (χ2v) is 17.2. The first-order valence-corrected chi connectivity index (χ1v) is 21.1. The van der Waals surface area contributed by atoms with Crippen molar-refractivity contribution in [1.82, 2.24) is 9.80 Å². The SMILES string of the molecule is CCC(=O)O[C@@H]1CC(=O)O[C@H](C)CCN(C)C[C@H](O)[C@H](C)C[C@H](CC=O)[C@H]([C@@H]2O[C@H](C)[C@@H](O[C@H]3C[C@@](C)(OC(C)=O)[C@@H](OC(=O)CC)[C@H](C)O3)[C@H](N(C)C)[C@H]2O)[C@@H]1OC. The number of hydrogen-bond donors (Lipinski definition) is 2. The number of carbonyl (C=O) groups excluding carboxylic acids is 5. The molecule has 17 nitrogen and oxygen atoms in total. The number of hydrogen-bond acceptors (Lipinski definition) is 17. The van der Waals surface area contributed by atoms with Crippen molar-refractivity contribution in [3.8, 4) is 0 Å². The van der Waals surface area contributed by atoms with Crippen molar-refractivity contribution in [2.45, 2.75) is 179 Å². The van der Waals surface area contributed by atoms with Crippen LogP contribution in [0.3, 0.4) is 0 Å². The van der Waals surface area contributed by atoms with Crippen molar-refractivity contribution in [3.63, 3.8) is 0 Å². The lowest BCUT2D eigenvalue weighted by atomic mass is 9.71. The summed E-state index contributed by atoms with van der Waals surface area (Å²) in [5.41, 5.74) is -1.31. The van der Waals surface area contributed by atoms with Gasteiger partial charge in [0.15, 0.2) is 18.0 Å². The number of likely N-dealkylation sites (N-methyl/N-ethyl adjacent to an activating group) is 2. The lowest BCUT2D eigenvalue weighted by Gasteiger charge is -2.53. The van der Waals surface area contributed by atoms with Crippen LogP contribution in [0.2, 0.25) is 0 Å². The summed E-state index contributed by atoms with van der Waals surface area (Å²) in [6.07, 6.45) is -8.92. The van der Waals surface area contributed by atoms with Gasteiger partial charge in [-0.15, -0.1) is 0 Å². The number of aliphatic hydroxyl groups excluding tert-OH is 2. The van der Waals surface area contributed by atoms with E-state index in [1.54, 1.807) is 60.5 Å². The van der Waals surface area contributed by atoms with Crippen LogP contribution in [0.25, 0.3) is 0 Å². The lowest BCUT2D eigenvalue weighted by molar-refractivity contribution is -0.319. The molecule has 3 aliphatic heterocycles. The lowest BCUT2D eigenvalue weighted by Crippen LogP contribution is -2.67. The number of methoxy groups -OCH3 is 1. The first-order valence-electron chi connectivity index (χ1n) is 21.1. The summed E-state index contributed by atoms with van der Waals surface area (Å²) in [4.78, 5) is 67.5. The van der Waals surface area contributed by atoms with Gasteiger partial charge in [-0.1, -0.05) is 20.8 Å². The fraction of sp³-hybridized carbons (Fsp3) is 0.881. The third kappa shape index (κ3) is 13.6. The van der Waals surface area contributed by atoms with E-state index in [-0.39, 0.29) is 38.0 Å². The van der Waals surface area contributed by atoms with Gasteiger partial charge < -0.3 is 62.7 Å². The second-order valence-electron chi connectivity index (χ2n) is 17.2. The molecule has 0 amide bonds. The van der Waals surface area contributed by atoms with E-state index in [1.165, 1.54) is 14.0 Å². The van der Waals surface area contributed by atoms with Crippen LogP contribution < -0.4 is 0 Å². The Morgan fingerprint density at radius 1 is 1.00 bits per heavy atom. The smallest absolute Gasteiger partial charge is 0.309 e. The van der Waals surface area contributed by atoms with Gasteiger partial charge in [-0.2, -0.15) is 0 Å². The highest BCUT2D eigenvalue weighted by Crippen LogP contribution is 2.42. The van der Waals surface area contributed by atoms with Crippen LogP contribution in [0.1, 0.15) is 100 Å². The molecule has 17 heteroatoms. The predicted molar refractivity (Wildman–Crippen MR) is 213 cm³/mol. The van der Waals surface area contributed by atoms with E-state index in [0.717, 1.165) is 6.29 Å². The normalized spacial score (nSPS) is 39.6. The van der Waals surface area contributed by atoms with E-state index < -0.39 is 115 Å². The van der Waals surface area contributed by atoms with E-state index in [2.05, 4.69) is 0 Å². The van der Waals surface area contributed by atoms with Gasteiger partial charge in [0.2, 0.25) is 0 Å². The maximum atomic E-state index is 13.5. The molecule has 3 heterocycles. The number of carbonyl (C=O) groups is 5. The first-order chi connectivity index (χ1) is 27.7. The average molecular weight is 845 g/mol. The molecule has 16 atom stereocenters. The minimum atomic E-state index is -1.33. The molecule has 0 aromatic heterocycles. The van der Waals surface area contributed by atoms with E-state index in [0.29, 0.717) is 25.9 Å². The molecule has 3 aliphatic rings. The molecule has 0 bridgehead atoms. The van der Waals surface area contributed by atoms with E-state index in [1.807, 2.05) is 18.9 Å². The topological polar surface area (TPSA) is 206 Å². The minimum Gasteiger partial charge on any atom is -0.463 e. The summed E-state index contributed by atoms with van der Waals surface area (Å²) >= 11 is 0. The maximum Gasteiger partial charge on any atom is 0.309 e. The highest BCUT2D eigenvalue weighted by Gasteiger charge is 2.56. The zero-order valence-corrected chi connectivity index (χ0v) is 37.2. The molecule has 0 unspecified atom stereocenters. The fourth-order valence-corrected chi connectivity index (χ4v) is 9.03. The van der Waals surface area contributed by atoms with Gasteiger partial charge in [-0.25, -0.2) is 0 Å². The molecular weight excluding hydrogens is 772 g/mol. The second kappa shape index (κ2) is 22.9. The van der Waals surface area contributed by atoms with Crippen LogP contribution in [-0.4, -0.2) is 170 Å². The van der Waals surface area contributed by atoms with Crippen molar-refractivity contribution in [2.75, 3.05) is 41.3 Å². The maximum absolute atomic E-state index is 13.5. The Hall–Kier alpha value is -2.77.